The van der Waals surface area contributed by atoms with Gasteiger partial charge in [0.15, 0.2) is 11.6 Å². The molecule has 9 heteroatoms. The van der Waals surface area contributed by atoms with E-state index in [1.165, 1.54) is 22.3 Å². The van der Waals surface area contributed by atoms with Crippen LogP contribution in [0.2, 0.25) is 0 Å². The van der Waals surface area contributed by atoms with Crippen molar-refractivity contribution >= 4 is 17.3 Å². The molecule has 2 atom stereocenters. The molecule has 0 saturated carbocycles. The molecular formula is C43H53N7O2. The van der Waals surface area contributed by atoms with Crippen LogP contribution >= 0.6 is 0 Å². The highest BCUT2D eigenvalue weighted by molar-refractivity contribution is 5.74. The number of nitrogens with zero attached hydrogens (tertiary/aromatic N) is 3. The van der Waals surface area contributed by atoms with Crippen molar-refractivity contribution in [2.75, 3.05) is 56.3 Å². The van der Waals surface area contributed by atoms with Crippen LogP contribution in [0.1, 0.15) is 60.3 Å². The van der Waals surface area contributed by atoms with Crippen LogP contribution in [0.25, 0.3) is 0 Å². The van der Waals surface area contributed by atoms with Crippen LogP contribution in [-0.4, -0.2) is 73.1 Å². The maximum Gasteiger partial charge on any atom is 0.157 e. The van der Waals surface area contributed by atoms with Gasteiger partial charge >= 0.3 is 0 Å². The summed E-state index contributed by atoms with van der Waals surface area (Å²) in [5, 5.41) is 10.9. The minimum absolute atomic E-state index is 0. The highest BCUT2D eigenvalue weighted by atomic mass is 16.5. The number of likely N-dealkylation sites (tertiary alicyclic amines) is 1. The van der Waals surface area contributed by atoms with E-state index in [1.54, 1.807) is 7.11 Å². The van der Waals surface area contributed by atoms with Crippen molar-refractivity contribution in [1.29, 1.82) is 0 Å². The number of nitrogens with one attached hydrogen (secondary N) is 3. The molecule has 2 unspecified atom stereocenters. The number of benzene rings is 4. The van der Waals surface area contributed by atoms with Gasteiger partial charge < -0.3 is 31.2 Å². The molecule has 2 saturated heterocycles. The first kappa shape index (κ1) is 37.0. The molecule has 272 valence electrons. The van der Waals surface area contributed by atoms with Crippen LogP contribution in [0.5, 0.6) is 0 Å². The standard InChI is InChI=1S/C42H49N7O2.CH4/c1-50-29-35-22-23-38(51-35)48-42-39(43)41(45-26-36(30-14-6-2-7-15-30)31-16-8-3-9-17-31)46-37(47-42)24-25-44-34-27-49(28-34)40(32-18-10-4-11-19-32)33-20-12-5-13-21-33;/h2-21,34-36,38,40,44H,22-29,43H2,1H3,(H2,45,46,47,48);1H4. The molecule has 52 heavy (non-hydrogen) atoms. The van der Waals surface area contributed by atoms with Gasteiger partial charge in [0.25, 0.3) is 0 Å². The summed E-state index contributed by atoms with van der Waals surface area (Å²) in [5.74, 6) is 2.08. The second kappa shape index (κ2) is 18.1. The summed E-state index contributed by atoms with van der Waals surface area (Å²) in [5.41, 5.74) is 12.4. The highest BCUT2D eigenvalue weighted by Gasteiger charge is 2.34. The van der Waals surface area contributed by atoms with E-state index < -0.39 is 0 Å². The Morgan fingerprint density at radius 2 is 1.31 bits per heavy atom. The SMILES string of the molecule is C.COCC1CCC(Nc2nc(CCNC3CN(C(c4ccccc4)c4ccccc4)C3)nc(NCC(c3ccccc3)c3ccccc3)c2N)O1. The van der Waals surface area contributed by atoms with E-state index in [4.69, 9.17) is 25.2 Å². The molecule has 4 aromatic carbocycles. The predicted octanol–water partition coefficient (Wildman–Crippen LogP) is 7.11. The van der Waals surface area contributed by atoms with Crippen molar-refractivity contribution in [3.8, 4) is 0 Å². The average Bonchev–Trinajstić information content (AvgIpc) is 3.60. The van der Waals surface area contributed by atoms with Gasteiger partial charge in [0.05, 0.1) is 18.8 Å². The Morgan fingerprint density at radius 1 is 0.769 bits per heavy atom. The van der Waals surface area contributed by atoms with E-state index >= 15 is 0 Å². The normalized spacial score (nSPS) is 17.5. The number of ether oxygens (including phenoxy) is 2. The summed E-state index contributed by atoms with van der Waals surface area (Å²) in [4.78, 5) is 12.4. The lowest BCUT2D eigenvalue weighted by Gasteiger charge is -2.45. The van der Waals surface area contributed by atoms with Gasteiger partial charge in [-0.05, 0) is 35.1 Å². The summed E-state index contributed by atoms with van der Waals surface area (Å²) in [6.07, 6.45) is 2.30. The van der Waals surface area contributed by atoms with Crippen LogP contribution in [-0.2, 0) is 15.9 Å². The Hall–Kier alpha value is -4.80. The molecule has 2 fully saturated rings. The van der Waals surface area contributed by atoms with E-state index in [9.17, 15) is 0 Å². The number of rotatable bonds is 16. The van der Waals surface area contributed by atoms with Crippen LogP contribution in [0.4, 0.5) is 17.3 Å². The first-order valence-electron chi connectivity index (χ1n) is 18.1. The lowest BCUT2D eigenvalue weighted by Crippen LogP contribution is -2.59. The van der Waals surface area contributed by atoms with E-state index in [-0.39, 0.29) is 31.7 Å². The molecule has 0 bridgehead atoms. The lowest BCUT2D eigenvalue weighted by molar-refractivity contribution is 0.00857. The van der Waals surface area contributed by atoms with Gasteiger partial charge in [0.2, 0.25) is 0 Å². The van der Waals surface area contributed by atoms with Crippen molar-refractivity contribution in [2.45, 2.75) is 57.0 Å². The summed E-state index contributed by atoms with van der Waals surface area (Å²) in [7, 11) is 1.70. The number of methoxy groups -OCH3 is 1. The fourth-order valence-corrected chi connectivity index (χ4v) is 7.27. The third kappa shape index (κ3) is 9.16. The van der Waals surface area contributed by atoms with Gasteiger partial charge in [-0.2, -0.15) is 0 Å². The van der Waals surface area contributed by atoms with E-state index in [2.05, 4.69) is 130 Å². The first-order chi connectivity index (χ1) is 25.1. The fraction of sp³-hybridized carbons (Fsp3) is 0.349. The zero-order valence-electron chi connectivity index (χ0n) is 29.3. The number of hydrogen-bond acceptors (Lipinski definition) is 9. The van der Waals surface area contributed by atoms with Crippen molar-refractivity contribution in [1.82, 2.24) is 20.2 Å². The van der Waals surface area contributed by atoms with Crippen molar-refractivity contribution in [3.05, 3.63) is 149 Å². The van der Waals surface area contributed by atoms with Crippen LogP contribution in [0.15, 0.2) is 121 Å². The number of aromatic nitrogens is 2. The smallest absolute Gasteiger partial charge is 0.157 e. The average molecular weight is 700 g/mol. The van der Waals surface area contributed by atoms with Crippen LogP contribution < -0.4 is 21.7 Å². The summed E-state index contributed by atoms with van der Waals surface area (Å²) in [6.45, 7) is 3.90. The second-order valence-corrected chi connectivity index (χ2v) is 13.5. The zero-order valence-corrected chi connectivity index (χ0v) is 29.3. The first-order valence-corrected chi connectivity index (χ1v) is 18.1. The molecule has 2 aliphatic rings. The molecule has 9 nitrogen and oxygen atoms in total. The Bertz CT molecular complexity index is 1710. The van der Waals surface area contributed by atoms with Gasteiger partial charge in [0, 0.05) is 51.7 Å². The van der Waals surface area contributed by atoms with Gasteiger partial charge in [-0.3, -0.25) is 4.90 Å². The number of hydrogen-bond donors (Lipinski definition) is 4. The summed E-state index contributed by atoms with van der Waals surface area (Å²) >= 11 is 0. The van der Waals surface area contributed by atoms with Gasteiger partial charge in [0.1, 0.15) is 17.7 Å². The zero-order chi connectivity index (χ0) is 34.8. The van der Waals surface area contributed by atoms with Crippen molar-refractivity contribution in [2.24, 2.45) is 0 Å². The van der Waals surface area contributed by atoms with Crippen molar-refractivity contribution in [3.63, 3.8) is 0 Å². The Labute approximate surface area is 309 Å². The number of nitrogens with two attached hydrogens (primary N) is 1. The maximum atomic E-state index is 6.78. The van der Waals surface area contributed by atoms with Crippen LogP contribution in [0, 0.1) is 0 Å². The maximum absolute atomic E-state index is 6.78. The molecular weight excluding hydrogens is 647 g/mol. The molecule has 5 aromatic rings. The molecule has 3 heterocycles. The third-order valence-corrected chi connectivity index (χ3v) is 9.91. The second-order valence-electron chi connectivity index (χ2n) is 13.5. The van der Waals surface area contributed by atoms with Gasteiger partial charge in [-0.1, -0.05) is 129 Å². The number of nitrogen functional groups attached to an aromatic ring is 1. The minimum atomic E-state index is -0.189. The Morgan fingerprint density at radius 3 is 1.87 bits per heavy atom. The molecule has 2 aliphatic heterocycles. The summed E-state index contributed by atoms with van der Waals surface area (Å²) in [6, 6.07) is 43.3. The third-order valence-electron chi connectivity index (χ3n) is 9.91. The minimum Gasteiger partial charge on any atom is -0.393 e. The lowest BCUT2D eigenvalue weighted by atomic mass is 9.91. The molecule has 5 N–H and O–H groups in total. The predicted molar refractivity (Wildman–Crippen MR) is 212 cm³/mol. The number of anilines is 3. The van der Waals surface area contributed by atoms with Gasteiger partial charge in [-0.15, -0.1) is 0 Å². The molecule has 0 amide bonds. The quantitative estimate of drug-likeness (QED) is 0.0857. The van der Waals surface area contributed by atoms with Gasteiger partial charge in [-0.25, -0.2) is 9.97 Å². The highest BCUT2D eigenvalue weighted by Crippen LogP contribution is 2.33. The fourth-order valence-electron chi connectivity index (χ4n) is 7.27. The largest absolute Gasteiger partial charge is 0.393 e. The monoisotopic (exact) mass is 699 g/mol. The summed E-state index contributed by atoms with van der Waals surface area (Å²) < 4.78 is 11.5. The van der Waals surface area contributed by atoms with Crippen LogP contribution in [0.3, 0.4) is 0 Å². The Kier molecular flexibility index (Phi) is 12.9. The molecule has 1 aromatic heterocycles. The molecule has 0 aliphatic carbocycles. The molecule has 0 spiro atoms. The Balaban J connectivity index is 0.00000464. The van der Waals surface area contributed by atoms with E-state index in [0.29, 0.717) is 42.9 Å². The topological polar surface area (TPSA) is 110 Å². The molecule has 7 rings (SSSR count). The van der Waals surface area contributed by atoms with E-state index in [1.807, 2.05) is 12.1 Å². The molecule has 0 radical (unpaired) electrons. The van der Waals surface area contributed by atoms with Crippen molar-refractivity contribution < 1.29 is 9.47 Å². The van der Waals surface area contributed by atoms with E-state index in [0.717, 1.165) is 38.3 Å².